The first-order valence-electron chi connectivity index (χ1n) is 4.58. The molecule has 0 aromatic carbocycles. The molecule has 0 aliphatic carbocycles. The maximum atomic E-state index is 5.19. The quantitative estimate of drug-likeness (QED) is 0.560. The largest absolute Gasteiger partial charge is 0.308 e. The molecule has 13 heavy (non-hydrogen) atoms. The van der Waals surface area contributed by atoms with Crippen LogP contribution in [0.25, 0.3) is 0 Å². The van der Waals surface area contributed by atoms with Gasteiger partial charge in [0.25, 0.3) is 0 Å². The van der Waals surface area contributed by atoms with Gasteiger partial charge in [-0.15, -0.1) is 23.7 Å². The standard InChI is InChI=1S/C11H15NS/c1-3-5-8-12-10(4-2)11-7-6-9-13-11/h1,6-7,9-10,12H,4-5,8H2,2H3. The van der Waals surface area contributed by atoms with Crippen LogP contribution in [0.4, 0.5) is 0 Å². The number of rotatable bonds is 5. The minimum atomic E-state index is 0.480. The van der Waals surface area contributed by atoms with Gasteiger partial charge in [-0.2, -0.15) is 0 Å². The Morgan fingerprint density at radius 2 is 2.54 bits per heavy atom. The van der Waals surface area contributed by atoms with Crippen molar-refractivity contribution in [2.75, 3.05) is 6.54 Å². The molecule has 1 aromatic rings. The molecular weight excluding hydrogens is 178 g/mol. The van der Waals surface area contributed by atoms with Crippen LogP contribution in [0.3, 0.4) is 0 Å². The van der Waals surface area contributed by atoms with E-state index in [0.29, 0.717) is 6.04 Å². The molecule has 1 atom stereocenters. The van der Waals surface area contributed by atoms with Gasteiger partial charge in [0.15, 0.2) is 0 Å². The van der Waals surface area contributed by atoms with Crippen molar-refractivity contribution in [1.82, 2.24) is 5.32 Å². The Kier molecular flexibility index (Phi) is 4.59. The van der Waals surface area contributed by atoms with Gasteiger partial charge >= 0.3 is 0 Å². The van der Waals surface area contributed by atoms with E-state index in [2.05, 4.69) is 35.7 Å². The molecule has 2 heteroatoms. The first-order chi connectivity index (χ1) is 6.38. The molecule has 0 saturated carbocycles. The van der Waals surface area contributed by atoms with E-state index in [1.165, 1.54) is 4.88 Å². The molecule has 0 spiro atoms. The fraction of sp³-hybridized carbons (Fsp3) is 0.455. The van der Waals surface area contributed by atoms with E-state index in [4.69, 9.17) is 6.42 Å². The zero-order chi connectivity index (χ0) is 9.52. The van der Waals surface area contributed by atoms with Crippen LogP contribution in [-0.2, 0) is 0 Å². The Balaban J connectivity index is 2.41. The van der Waals surface area contributed by atoms with Crippen LogP contribution in [0.1, 0.15) is 30.7 Å². The minimum Gasteiger partial charge on any atom is -0.308 e. The minimum absolute atomic E-state index is 0.480. The first-order valence-corrected chi connectivity index (χ1v) is 5.46. The Labute approximate surface area is 84.2 Å². The van der Waals surface area contributed by atoms with Crippen LogP contribution in [-0.4, -0.2) is 6.54 Å². The zero-order valence-electron chi connectivity index (χ0n) is 7.92. The van der Waals surface area contributed by atoms with E-state index in [0.717, 1.165) is 19.4 Å². The first kappa shape index (κ1) is 10.3. The predicted molar refractivity (Wildman–Crippen MR) is 58.8 cm³/mol. The SMILES string of the molecule is C#CCCNC(CC)c1cccs1. The highest BCUT2D eigenvalue weighted by Gasteiger charge is 2.07. The smallest absolute Gasteiger partial charge is 0.0412 e. The molecule has 0 fully saturated rings. The molecule has 0 saturated heterocycles. The van der Waals surface area contributed by atoms with Gasteiger partial charge in [0.05, 0.1) is 0 Å². The molecular formula is C11H15NS. The van der Waals surface area contributed by atoms with Crippen molar-refractivity contribution >= 4 is 11.3 Å². The summed E-state index contributed by atoms with van der Waals surface area (Å²) in [4.78, 5) is 1.40. The van der Waals surface area contributed by atoms with Crippen LogP contribution in [0.5, 0.6) is 0 Å². The fourth-order valence-corrected chi connectivity index (χ4v) is 2.14. The van der Waals surface area contributed by atoms with E-state index < -0.39 is 0 Å². The topological polar surface area (TPSA) is 12.0 Å². The molecule has 0 aliphatic rings. The van der Waals surface area contributed by atoms with Crippen LogP contribution < -0.4 is 5.32 Å². The molecule has 1 rings (SSSR count). The zero-order valence-corrected chi connectivity index (χ0v) is 8.73. The highest BCUT2D eigenvalue weighted by molar-refractivity contribution is 7.10. The molecule has 1 nitrogen and oxygen atoms in total. The molecule has 1 heterocycles. The van der Waals surface area contributed by atoms with Crippen molar-refractivity contribution in [3.05, 3.63) is 22.4 Å². The highest BCUT2D eigenvalue weighted by atomic mass is 32.1. The molecule has 1 unspecified atom stereocenters. The average Bonchev–Trinajstić information content (AvgIpc) is 2.65. The van der Waals surface area contributed by atoms with Gasteiger partial charge in [-0.05, 0) is 17.9 Å². The summed E-state index contributed by atoms with van der Waals surface area (Å²) in [5.74, 6) is 2.63. The third-order valence-corrected chi connectivity index (χ3v) is 2.94. The van der Waals surface area contributed by atoms with Gasteiger partial charge in [0, 0.05) is 23.9 Å². The molecule has 0 radical (unpaired) electrons. The summed E-state index contributed by atoms with van der Waals surface area (Å²) in [7, 11) is 0. The lowest BCUT2D eigenvalue weighted by Crippen LogP contribution is -2.20. The van der Waals surface area contributed by atoms with Crippen LogP contribution >= 0.6 is 11.3 Å². The Hall–Kier alpha value is -0.780. The third-order valence-electron chi connectivity index (χ3n) is 1.95. The summed E-state index contributed by atoms with van der Waals surface area (Å²) in [5.41, 5.74) is 0. The van der Waals surface area contributed by atoms with Crippen molar-refractivity contribution in [3.63, 3.8) is 0 Å². The van der Waals surface area contributed by atoms with Crippen molar-refractivity contribution < 1.29 is 0 Å². The fourth-order valence-electron chi connectivity index (χ4n) is 1.25. The number of hydrogen-bond donors (Lipinski definition) is 1. The number of thiophene rings is 1. The third kappa shape index (κ3) is 3.22. The second-order valence-corrected chi connectivity index (χ2v) is 3.86. The van der Waals surface area contributed by atoms with Gasteiger partial charge in [-0.1, -0.05) is 13.0 Å². The molecule has 1 aromatic heterocycles. The second kappa shape index (κ2) is 5.80. The number of nitrogens with one attached hydrogen (secondary N) is 1. The highest BCUT2D eigenvalue weighted by Crippen LogP contribution is 2.21. The van der Waals surface area contributed by atoms with E-state index in [9.17, 15) is 0 Å². The van der Waals surface area contributed by atoms with Gasteiger partial charge in [0.2, 0.25) is 0 Å². The monoisotopic (exact) mass is 193 g/mol. The summed E-state index contributed by atoms with van der Waals surface area (Å²) in [6, 6.07) is 4.74. The van der Waals surface area contributed by atoms with Gasteiger partial charge in [-0.3, -0.25) is 0 Å². The van der Waals surface area contributed by atoms with Crippen molar-refractivity contribution in [3.8, 4) is 12.3 Å². The maximum Gasteiger partial charge on any atom is 0.0412 e. The van der Waals surface area contributed by atoms with Gasteiger partial charge in [0.1, 0.15) is 0 Å². The van der Waals surface area contributed by atoms with E-state index in [1.807, 2.05) is 0 Å². The molecule has 70 valence electrons. The van der Waals surface area contributed by atoms with Crippen molar-refractivity contribution in [2.24, 2.45) is 0 Å². The molecule has 1 N–H and O–H groups in total. The van der Waals surface area contributed by atoms with Crippen LogP contribution in [0, 0.1) is 12.3 Å². The van der Waals surface area contributed by atoms with Crippen molar-refractivity contribution in [2.45, 2.75) is 25.8 Å². The van der Waals surface area contributed by atoms with Crippen molar-refractivity contribution in [1.29, 1.82) is 0 Å². The molecule has 0 bridgehead atoms. The summed E-state index contributed by atoms with van der Waals surface area (Å²) < 4.78 is 0. The predicted octanol–water partition coefficient (Wildman–Crippen LogP) is 2.81. The van der Waals surface area contributed by atoms with E-state index in [-0.39, 0.29) is 0 Å². The second-order valence-electron chi connectivity index (χ2n) is 2.88. The Morgan fingerprint density at radius 3 is 3.08 bits per heavy atom. The summed E-state index contributed by atoms with van der Waals surface area (Å²) >= 11 is 1.80. The number of hydrogen-bond acceptors (Lipinski definition) is 2. The van der Waals surface area contributed by atoms with Crippen LogP contribution in [0.15, 0.2) is 17.5 Å². The summed E-state index contributed by atoms with van der Waals surface area (Å²) in [6.07, 6.45) is 7.11. The van der Waals surface area contributed by atoms with Crippen LogP contribution in [0.2, 0.25) is 0 Å². The molecule has 0 amide bonds. The summed E-state index contributed by atoms with van der Waals surface area (Å²) in [6.45, 7) is 3.10. The maximum absolute atomic E-state index is 5.19. The lowest BCUT2D eigenvalue weighted by atomic mass is 10.2. The lowest BCUT2D eigenvalue weighted by Gasteiger charge is -2.13. The Bertz CT molecular complexity index is 258. The normalized spacial score (nSPS) is 12.3. The molecule has 0 aliphatic heterocycles. The van der Waals surface area contributed by atoms with E-state index >= 15 is 0 Å². The van der Waals surface area contributed by atoms with E-state index in [1.54, 1.807) is 11.3 Å². The summed E-state index contributed by atoms with van der Waals surface area (Å²) in [5, 5.41) is 5.55. The van der Waals surface area contributed by atoms with Gasteiger partial charge in [-0.25, -0.2) is 0 Å². The number of terminal acetylenes is 1. The Morgan fingerprint density at radius 1 is 1.69 bits per heavy atom. The average molecular weight is 193 g/mol. The lowest BCUT2D eigenvalue weighted by molar-refractivity contribution is 0.535. The van der Waals surface area contributed by atoms with Gasteiger partial charge < -0.3 is 5.32 Å².